The van der Waals surface area contributed by atoms with Crippen LogP contribution in [0.5, 0.6) is 0 Å². The van der Waals surface area contributed by atoms with E-state index in [-0.39, 0.29) is 0 Å². The fraction of sp³-hybridized carbons (Fsp3) is 0.688. The van der Waals surface area contributed by atoms with E-state index in [1.165, 1.54) is 19.3 Å². The molecule has 3 atom stereocenters. The van der Waals surface area contributed by atoms with Gasteiger partial charge in [0.05, 0.1) is 10.0 Å². The van der Waals surface area contributed by atoms with Gasteiger partial charge in [0, 0.05) is 11.4 Å². The summed E-state index contributed by atoms with van der Waals surface area (Å²) in [5, 5.41) is 2.33. The third kappa shape index (κ3) is 4.12. The van der Waals surface area contributed by atoms with Gasteiger partial charge in [-0.2, -0.15) is 0 Å². The maximum atomic E-state index is 5.97. The van der Waals surface area contributed by atoms with E-state index in [0.29, 0.717) is 21.6 Å². The van der Waals surface area contributed by atoms with Crippen molar-refractivity contribution >= 4 is 23.4 Å². The zero-order valence-corrected chi connectivity index (χ0v) is 14.2. The molecule has 112 valence electrons. The van der Waals surface area contributed by atoms with Crippen LogP contribution < -0.4 is 5.73 Å². The van der Waals surface area contributed by atoms with Crippen LogP contribution in [0.2, 0.25) is 5.02 Å². The van der Waals surface area contributed by atoms with Crippen LogP contribution in [0.3, 0.4) is 0 Å². The van der Waals surface area contributed by atoms with E-state index in [4.69, 9.17) is 17.3 Å². The van der Waals surface area contributed by atoms with E-state index >= 15 is 0 Å². The highest BCUT2D eigenvalue weighted by molar-refractivity contribution is 7.99. The average molecular weight is 313 g/mol. The van der Waals surface area contributed by atoms with Crippen LogP contribution in [-0.2, 0) is 0 Å². The molecular formula is C16H25ClN2S. The Morgan fingerprint density at radius 1 is 1.35 bits per heavy atom. The van der Waals surface area contributed by atoms with Gasteiger partial charge >= 0.3 is 0 Å². The molecule has 1 heterocycles. The van der Waals surface area contributed by atoms with E-state index in [0.717, 1.165) is 17.5 Å². The van der Waals surface area contributed by atoms with Crippen molar-refractivity contribution in [3.63, 3.8) is 0 Å². The fourth-order valence-electron chi connectivity index (χ4n) is 2.98. The summed E-state index contributed by atoms with van der Waals surface area (Å²) in [5.74, 6) is 1.38. The van der Waals surface area contributed by atoms with E-state index < -0.39 is 0 Å². The third-order valence-corrected chi connectivity index (χ3v) is 6.02. The van der Waals surface area contributed by atoms with Gasteiger partial charge in [-0.3, -0.25) is 0 Å². The number of thioether (sulfide) groups is 1. The zero-order valence-electron chi connectivity index (χ0n) is 12.6. The average Bonchev–Trinajstić information content (AvgIpc) is 2.40. The summed E-state index contributed by atoms with van der Waals surface area (Å²) in [4.78, 5) is 4.42. The summed E-state index contributed by atoms with van der Waals surface area (Å²) in [6, 6.07) is 3.93. The molecule has 20 heavy (non-hydrogen) atoms. The first kappa shape index (κ1) is 16.1. The Morgan fingerprint density at radius 3 is 2.65 bits per heavy atom. The van der Waals surface area contributed by atoms with Crippen molar-refractivity contribution < 1.29 is 0 Å². The highest BCUT2D eigenvalue weighted by atomic mass is 35.5. The van der Waals surface area contributed by atoms with Gasteiger partial charge in [0.25, 0.3) is 0 Å². The van der Waals surface area contributed by atoms with Crippen LogP contribution in [0.15, 0.2) is 23.4 Å². The number of halogens is 1. The van der Waals surface area contributed by atoms with Gasteiger partial charge in [-0.25, -0.2) is 4.98 Å². The minimum absolute atomic E-state index is 0.381. The van der Waals surface area contributed by atoms with Crippen LogP contribution >= 0.6 is 23.4 Å². The van der Waals surface area contributed by atoms with Crippen LogP contribution in [-0.4, -0.2) is 16.8 Å². The van der Waals surface area contributed by atoms with E-state index in [1.54, 1.807) is 6.20 Å². The minimum atomic E-state index is 0.381. The monoisotopic (exact) mass is 312 g/mol. The van der Waals surface area contributed by atoms with Gasteiger partial charge in [-0.1, -0.05) is 32.4 Å². The predicted octanol–water partition coefficient (Wildman–Crippen LogP) is 4.62. The highest BCUT2D eigenvalue weighted by Gasteiger charge is 2.35. The van der Waals surface area contributed by atoms with Gasteiger partial charge in [-0.15, -0.1) is 11.8 Å². The number of pyridine rings is 1. The molecule has 1 aliphatic carbocycles. The maximum Gasteiger partial charge on any atom is 0.0963 e. The van der Waals surface area contributed by atoms with E-state index in [1.807, 2.05) is 23.9 Å². The summed E-state index contributed by atoms with van der Waals surface area (Å²) in [6.07, 6.45) is 5.51. The molecule has 0 bridgehead atoms. The molecule has 0 saturated heterocycles. The molecule has 4 heteroatoms. The summed E-state index contributed by atoms with van der Waals surface area (Å²) in [7, 11) is 0. The first-order chi connectivity index (χ1) is 9.40. The molecule has 2 rings (SSSR count). The topological polar surface area (TPSA) is 38.9 Å². The lowest BCUT2D eigenvalue weighted by atomic mass is 9.69. The van der Waals surface area contributed by atoms with Crippen LogP contribution in [0.25, 0.3) is 0 Å². The predicted molar refractivity (Wildman–Crippen MR) is 88.2 cm³/mol. The molecule has 2 N–H and O–H groups in total. The smallest absolute Gasteiger partial charge is 0.0963 e. The number of nitrogens with zero attached hydrogens (tertiary/aromatic N) is 1. The summed E-state index contributed by atoms with van der Waals surface area (Å²) >= 11 is 7.78. The molecule has 2 nitrogen and oxygen atoms in total. The van der Waals surface area contributed by atoms with Gasteiger partial charge in [0.2, 0.25) is 0 Å². The van der Waals surface area contributed by atoms with Crippen LogP contribution in [0.4, 0.5) is 0 Å². The van der Waals surface area contributed by atoms with Crippen molar-refractivity contribution in [2.24, 2.45) is 23.0 Å². The van der Waals surface area contributed by atoms with Crippen molar-refractivity contribution in [3.8, 4) is 0 Å². The first-order valence-corrected chi connectivity index (χ1v) is 8.64. The second-order valence-corrected chi connectivity index (χ2v) is 8.54. The molecule has 0 aliphatic heterocycles. The van der Waals surface area contributed by atoms with Crippen LogP contribution in [0, 0.1) is 17.3 Å². The second kappa shape index (κ2) is 6.67. The van der Waals surface area contributed by atoms with Crippen molar-refractivity contribution in [1.82, 2.24) is 4.98 Å². The molecule has 1 saturated carbocycles. The molecule has 0 spiro atoms. The third-order valence-electron chi connectivity index (χ3n) is 4.43. The zero-order chi connectivity index (χ0) is 14.8. The van der Waals surface area contributed by atoms with Gasteiger partial charge in [0.1, 0.15) is 0 Å². The highest BCUT2D eigenvalue weighted by Crippen LogP contribution is 2.45. The van der Waals surface area contributed by atoms with Crippen molar-refractivity contribution in [3.05, 3.63) is 23.4 Å². The Balaban J connectivity index is 2.07. The summed E-state index contributed by atoms with van der Waals surface area (Å²) in [6.45, 7) is 7.83. The van der Waals surface area contributed by atoms with Gasteiger partial charge in [0.15, 0.2) is 0 Å². The molecule has 1 fully saturated rings. The lowest BCUT2D eigenvalue weighted by molar-refractivity contribution is 0.157. The van der Waals surface area contributed by atoms with Gasteiger partial charge < -0.3 is 5.73 Å². The number of aromatic nitrogens is 1. The second-order valence-electron chi connectivity index (χ2n) is 6.84. The standard InChI is InChI=1S/C16H25ClN2S/c1-16(2,3)12-5-4-11(9-18)14(8-12)20-15-7-6-13(17)10-19-15/h6-7,10-12,14H,4-5,8-9,18H2,1-3H3. The number of nitrogens with two attached hydrogens (primary N) is 1. The molecule has 3 unspecified atom stereocenters. The quantitative estimate of drug-likeness (QED) is 0.885. The maximum absolute atomic E-state index is 5.97. The summed E-state index contributed by atoms with van der Waals surface area (Å²) < 4.78 is 0. The number of rotatable bonds is 3. The Kier molecular flexibility index (Phi) is 5.38. The normalized spacial score (nSPS) is 27.6. The number of hydrogen-bond donors (Lipinski definition) is 1. The Morgan fingerprint density at radius 2 is 2.10 bits per heavy atom. The molecule has 1 aliphatic rings. The van der Waals surface area contributed by atoms with Gasteiger partial charge in [-0.05, 0) is 55.2 Å². The fourth-order valence-corrected chi connectivity index (χ4v) is 4.43. The molecule has 0 aromatic carbocycles. The summed E-state index contributed by atoms with van der Waals surface area (Å²) in [5.41, 5.74) is 6.35. The Hall–Kier alpha value is -0.250. The minimum Gasteiger partial charge on any atom is -0.330 e. The lowest BCUT2D eigenvalue weighted by Gasteiger charge is -2.41. The number of hydrogen-bond acceptors (Lipinski definition) is 3. The first-order valence-electron chi connectivity index (χ1n) is 7.38. The Labute approximate surface area is 131 Å². The van der Waals surface area contributed by atoms with Crippen molar-refractivity contribution in [1.29, 1.82) is 0 Å². The molecule has 0 amide bonds. The largest absolute Gasteiger partial charge is 0.330 e. The van der Waals surface area contributed by atoms with E-state index in [9.17, 15) is 0 Å². The van der Waals surface area contributed by atoms with E-state index in [2.05, 4.69) is 25.8 Å². The molecule has 1 aromatic rings. The molecular weight excluding hydrogens is 288 g/mol. The van der Waals surface area contributed by atoms with Crippen molar-refractivity contribution in [2.45, 2.75) is 50.3 Å². The Bertz CT molecular complexity index is 427. The van der Waals surface area contributed by atoms with Crippen molar-refractivity contribution in [2.75, 3.05) is 6.54 Å². The van der Waals surface area contributed by atoms with Crippen LogP contribution in [0.1, 0.15) is 40.0 Å². The SMILES string of the molecule is CC(C)(C)C1CCC(CN)C(Sc2ccc(Cl)cn2)C1. The molecule has 0 radical (unpaired) electrons. The molecule has 1 aromatic heterocycles. The lowest BCUT2D eigenvalue weighted by Crippen LogP contribution is -2.36.